The van der Waals surface area contributed by atoms with Crippen LogP contribution in [0.3, 0.4) is 0 Å². The summed E-state index contributed by atoms with van der Waals surface area (Å²) in [6.45, 7) is 0. The molecule has 0 atom stereocenters. The Hall–Kier alpha value is -3.28. The number of anilines is 5. The van der Waals surface area contributed by atoms with Crippen molar-refractivity contribution in [3.63, 3.8) is 0 Å². The van der Waals surface area contributed by atoms with Crippen molar-refractivity contribution in [2.75, 3.05) is 23.5 Å². The summed E-state index contributed by atoms with van der Waals surface area (Å²) in [6.07, 6.45) is 1.47. The van der Waals surface area contributed by atoms with Crippen LogP contribution in [0.25, 0.3) is 0 Å². The van der Waals surface area contributed by atoms with E-state index in [1.54, 1.807) is 7.11 Å². The van der Waals surface area contributed by atoms with Crippen LogP contribution < -0.4 is 21.1 Å². The second-order valence-electron chi connectivity index (χ2n) is 4.83. The molecule has 0 aliphatic heterocycles. The normalized spacial score (nSPS) is 10.1. The van der Waals surface area contributed by atoms with E-state index in [0.29, 0.717) is 17.3 Å². The van der Waals surface area contributed by atoms with Crippen molar-refractivity contribution in [1.29, 1.82) is 0 Å². The van der Waals surface area contributed by atoms with E-state index >= 15 is 0 Å². The van der Waals surface area contributed by atoms with E-state index in [0.717, 1.165) is 17.1 Å². The van der Waals surface area contributed by atoms with Crippen LogP contribution in [-0.4, -0.2) is 17.1 Å². The molecule has 0 aliphatic rings. The first kappa shape index (κ1) is 14.6. The number of hydrogen-bond acceptors (Lipinski definition) is 6. The smallest absolute Gasteiger partial charge is 0.159 e. The van der Waals surface area contributed by atoms with Gasteiger partial charge in [-0.05, 0) is 36.4 Å². The van der Waals surface area contributed by atoms with E-state index in [1.807, 2.05) is 54.6 Å². The maximum atomic E-state index is 6.16. The Balaban J connectivity index is 1.81. The summed E-state index contributed by atoms with van der Waals surface area (Å²) in [5, 5.41) is 6.36. The molecule has 4 N–H and O–H groups in total. The van der Waals surface area contributed by atoms with Crippen molar-refractivity contribution in [2.24, 2.45) is 0 Å². The highest BCUT2D eigenvalue weighted by Crippen LogP contribution is 2.28. The van der Waals surface area contributed by atoms with Crippen LogP contribution in [-0.2, 0) is 0 Å². The third kappa shape index (κ3) is 3.49. The molecule has 0 unspecified atom stereocenters. The van der Waals surface area contributed by atoms with Gasteiger partial charge in [-0.15, -0.1) is 0 Å². The highest BCUT2D eigenvalue weighted by molar-refractivity contribution is 5.80. The van der Waals surface area contributed by atoms with Gasteiger partial charge in [-0.3, -0.25) is 0 Å². The van der Waals surface area contributed by atoms with Gasteiger partial charge in [0.2, 0.25) is 0 Å². The van der Waals surface area contributed by atoms with Crippen molar-refractivity contribution in [1.82, 2.24) is 9.97 Å². The van der Waals surface area contributed by atoms with Gasteiger partial charge in [-0.1, -0.05) is 18.2 Å². The number of nitrogen functional groups attached to an aromatic ring is 1. The van der Waals surface area contributed by atoms with E-state index < -0.39 is 0 Å². The van der Waals surface area contributed by atoms with Crippen LogP contribution in [0.1, 0.15) is 0 Å². The Morgan fingerprint density at radius 3 is 1.96 bits per heavy atom. The highest BCUT2D eigenvalue weighted by Gasteiger charge is 2.08. The van der Waals surface area contributed by atoms with Crippen molar-refractivity contribution in [2.45, 2.75) is 0 Å². The number of para-hydroxylation sites is 1. The lowest BCUT2D eigenvalue weighted by molar-refractivity contribution is 0.415. The third-order valence-corrected chi connectivity index (χ3v) is 3.27. The highest BCUT2D eigenvalue weighted by atomic mass is 16.5. The van der Waals surface area contributed by atoms with Gasteiger partial charge in [0.25, 0.3) is 0 Å². The molecule has 0 saturated heterocycles. The number of nitrogens with zero attached hydrogens (tertiary/aromatic N) is 2. The van der Waals surface area contributed by atoms with Gasteiger partial charge in [0.15, 0.2) is 11.6 Å². The van der Waals surface area contributed by atoms with Crippen molar-refractivity contribution in [3.8, 4) is 5.75 Å². The van der Waals surface area contributed by atoms with Crippen LogP contribution in [0, 0.1) is 0 Å². The molecule has 2 aromatic carbocycles. The lowest BCUT2D eigenvalue weighted by Gasteiger charge is -2.12. The molecule has 0 spiro atoms. The van der Waals surface area contributed by atoms with E-state index in [2.05, 4.69) is 20.6 Å². The van der Waals surface area contributed by atoms with Crippen LogP contribution >= 0.6 is 0 Å². The molecule has 0 radical (unpaired) electrons. The summed E-state index contributed by atoms with van der Waals surface area (Å²) in [6, 6.07) is 17.2. The Morgan fingerprint density at radius 1 is 0.826 bits per heavy atom. The standard InChI is InChI=1S/C17H17N5O/c1-23-14-9-7-13(8-10-14)22-17-15(18)16(19-11-20-17)21-12-5-3-2-4-6-12/h2-11H,18H2,1H3,(H2,19,20,21,22). The number of hydrogen-bond donors (Lipinski definition) is 3. The van der Waals surface area contributed by atoms with Gasteiger partial charge < -0.3 is 21.1 Å². The second-order valence-corrected chi connectivity index (χ2v) is 4.83. The fourth-order valence-corrected chi connectivity index (χ4v) is 2.06. The molecule has 6 heteroatoms. The van der Waals surface area contributed by atoms with Gasteiger partial charge >= 0.3 is 0 Å². The van der Waals surface area contributed by atoms with E-state index in [-0.39, 0.29) is 0 Å². The van der Waals surface area contributed by atoms with Crippen LogP contribution in [0.2, 0.25) is 0 Å². The summed E-state index contributed by atoms with van der Waals surface area (Å²) >= 11 is 0. The van der Waals surface area contributed by atoms with Gasteiger partial charge in [0.1, 0.15) is 17.8 Å². The SMILES string of the molecule is COc1ccc(Nc2ncnc(Nc3ccccc3)c2N)cc1. The van der Waals surface area contributed by atoms with Crippen LogP contribution in [0.15, 0.2) is 60.9 Å². The van der Waals surface area contributed by atoms with E-state index in [4.69, 9.17) is 10.5 Å². The van der Waals surface area contributed by atoms with E-state index in [9.17, 15) is 0 Å². The van der Waals surface area contributed by atoms with Gasteiger partial charge in [-0.25, -0.2) is 9.97 Å². The first-order valence-corrected chi connectivity index (χ1v) is 7.10. The maximum Gasteiger partial charge on any atom is 0.159 e. The number of benzene rings is 2. The predicted molar refractivity (Wildman–Crippen MR) is 92.4 cm³/mol. The van der Waals surface area contributed by atoms with Gasteiger partial charge in [0.05, 0.1) is 7.11 Å². The zero-order valence-corrected chi connectivity index (χ0v) is 12.7. The number of methoxy groups -OCH3 is 1. The molecule has 116 valence electrons. The Kier molecular flexibility index (Phi) is 4.24. The molecular formula is C17H17N5O. The molecule has 3 rings (SSSR count). The molecule has 1 aromatic heterocycles. The van der Waals surface area contributed by atoms with Gasteiger partial charge in [-0.2, -0.15) is 0 Å². The molecule has 0 amide bonds. The largest absolute Gasteiger partial charge is 0.497 e. The van der Waals surface area contributed by atoms with Crippen molar-refractivity contribution >= 4 is 28.7 Å². The average Bonchev–Trinajstić information content (AvgIpc) is 2.60. The first-order chi connectivity index (χ1) is 11.3. The molecule has 0 bridgehead atoms. The summed E-state index contributed by atoms with van der Waals surface area (Å²) in [7, 11) is 1.63. The van der Waals surface area contributed by atoms with Crippen LogP contribution in [0.4, 0.5) is 28.7 Å². The van der Waals surface area contributed by atoms with Gasteiger partial charge in [0, 0.05) is 11.4 Å². The Labute approximate surface area is 134 Å². The predicted octanol–water partition coefficient (Wildman–Crippen LogP) is 3.55. The lowest BCUT2D eigenvalue weighted by Crippen LogP contribution is -2.05. The minimum absolute atomic E-state index is 0.451. The number of rotatable bonds is 5. The number of nitrogens with two attached hydrogens (primary N) is 1. The summed E-state index contributed by atoms with van der Waals surface area (Å²) in [4.78, 5) is 8.40. The zero-order chi connectivity index (χ0) is 16.1. The number of nitrogens with one attached hydrogen (secondary N) is 2. The van der Waals surface area contributed by atoms with Crippen molar-refractivity contribution < 1.29 is 4.74 Å². The second kappa shape index (κ2) is 6.65. The monoisotopic (exact) mass is 307 g/mol. The lowest BCUT2D eigenvalue weighted by atomic mass is 10.3. The summed E-state index contributed by atoms with van der Waals surface area (Å²) in [5.41, 5.74) is 8.38. The quantitative estimate of drug-likeness (QED) is 0.668. The molecular weight excluding hydrogens is 290 g/mol. The molecule has 1 heterocycles. The fraction of sp³-hybridized carbons (Fsp3) is 0.0588. The van der Waals surface area contributed by atoms with E-state index in [1.165, 1.54) is 6.33 Å². The molecule has 3 aromatic rings. The minimum Gasteiger partial charge on any atom is -0.497 e. The Morgan fingerprint density at radius 2 is 1.39 bits per heavy atom. The number of ether oxygens (including phenoxy) is 1. The minimum atomic E-state index is 0.451. The summed E-state index contributed by atoms with van der Waals surface area (Å²) < 4.78 is 5.14. The maximum absolute atomic E-state index is 6.16. The molecule has 23 heavy (non-hydrogen) atoms. The van der Waals surface area contributed by atoms with Crippen molar-refractivity contribution in [3.05, 3.63) is 60.9 Å². The molecule has 0 fully saturated rings. The molecule has 0 aliphatic carbocycles. The zero-order valence-electron chi connectivity index (χ0n) is 12.7. The molecule has 6 nitrogen and oxygen atoms in total. The molecule has 0 saturated carbocycles. The third-order valence-electron chi connectivity index (χ3n) is 3.27. The Bertz CT molecular complexity index is 775. The average molecular weight is 307 g/mol. The topological polar surface area (TPSA) is 85.1 Å². The number of aromatic nitrogens is 2. The first-order valence-electron chi connectivity index (χ1n) is 7.10. The van der Waals surface area contributed by atoms with Crippen LogP contribution in [0.5, 0.6) is 5.75 Å². The fourth-order valence-electron chi connectivity index (χ4n) is 2.06. The summed E-state index contributed by atoms with van der Waals surface area (Å²) in [5.74, 6) is 1.89.